The highest BCUT2D eigenvalue weighted by Crippen LogP contribution is 2.41. The van der Waals surface area contributed by atoms with Crippen LogP contribution in [0.25, 0.3) is 10.9 Å². The van der Waals surface area contributed by atoms with Crippen LogP contribution >= 0.6 is 48.9 Å². The van der Waals surface area contributed by atoms with Gasteiger partial charge in [-0.15, -0.1) is 16.8 Å². The molecule has 2 aromatic carbocycles. The quantitative estimate of drug-likeness (QED) is 0.0157. The maximum absolute atomic E-state index is 10.5. The number of para-hydroxylation sites is 1. The lowest BCUT2D eigenvalue weighted by atomic mass is 9.83. The van der Waals surface area contributed by atoms with Crippen molar-refractivity contribution in [1.82, 2.24) is 31.3 Å². The average Bonchev–Trinajstić information content (AvgIpc) is 3.29. The number of guanidine groups is 1. The van der Waals surface area contributed by atoms with Gasteiger partial charge in [0.05, 0.1) is 17.4 Å². The summed E-state index contributed by atoms with van der Waals surface area (Å²) in [5.74, 6) is 3.17. The fourth-order valence-electron chi connectivity index (χ4n) is 11.2. The summed E-state index contributed by atoms with van der Waals surface area (Å²) in [6.07, 6.45) is 30.8. The Hall–Kier alpha value is -6.82. The van der Waals surface area contributed by atoms with E-state index in [0.717, 1.165) is 66.7 Å². The summed E-state index contributed by atoms with van der Waals surface area (Å²) in [4.78, 5) is 4.00. The number of allylic oxidation sites excluding steroid dienone is 1. The first-order valence-electron chi connectivity index (χ1n) is 29.2. The number of aromatic hydroxyl groups is 1. The number of thiocarbonyl (C=S) groups is 4. The van der Waals surface area contributed by atoms with Crippen molar-refractivity contribution in [3.8, 4) is 5.88 Å². The fraction of sp³-hybridized carbons (Fsp3) is 0.500. The predicted octanol–water partition coefficient (Wildman–Crippen LogP) is 12.6. The maximum Gasteiger partial charge on any atom is 0.221 e. The van der Waals surface area contributed by atoms with Crippen molar-refractivity contribution in [1.29, 1.82) is 5.41 Å². The standard InChI is InChI=1S/C17H17N5OS.C14H19N3S.C11H19N3S.C10H17N3S.C8H16N4/c1-11(2)22-14-8-4-3-7-13(14)15(16(22)23)20-21-17(24)19-12-6-5-9-18-10-12;15-14(18)17-16-13-9-5-4-8-12(13)10-11-6-2-1-3-7-11;12-11(15)14-13-10-7-3-6-9(10)8-4-1-2-5-8;1-2-5-8-6-3-4-7-9(8)12-13-10(11)14;1-6-4-2-3-5-7(6)11-12-8(9)10/h3-11,23H,1-2H3,(H,19,24);1-3,6-7,12H,4-5,8-10H2,(H3,15,17,18);8-9H,1-7H2,(H3,12,14,15);2,8H,1,3-7H2,(H3,11,13,14);6H,2-5H2,1H3,(H4,9,10,12)/b;16-13+;13-10+;12-9+;11-7+. The molecule has 5 aliphatic rings. The van der Waals surface area contributed by atoms with Gasteiger partial charge in [-0.2, -0.15) is 20.4 Å². The molecular weight excluding hydrogens is 1120 g/mol. The smallest absolute Gasteiger partial charge is 0.221 e. The van der Waals surface area contributed by atoms with Crippen LogP contribution in [0.5, 0.6) is 5.88 Å². The number of pyridine rings is 1. The van der Waals surface area contributed by atoms with Crippen molar-refractivity contribution in [3.63, 3.8) is 0 Å². The van der Waals surface area contributed by atoms with Crippen molar-refractivity contribution in [2.75, 3.05) is 5.32 Å². The Kier molecular flexibility index (Phi) is 29.6. The molecule has 9 rings (SSSR count). The highest BCUT2D eigenvalue weighted by Gasteiger charge is 2.32. The first-order valence-corrected chi connectivity index (χ1v) is 30.8. The Morgan fingerprint density at radius 3 is 1.83 bits per heavy atom. The van der Waals surface area contributed by atoms with Gasteiger partial charge < -0.3 is 37.9 Å². The number of rotatable bonds is 12. The van der Waals surface area contributed by atoms with E-state index in [0.29, 0.717) is 29.4 Å². The largest absolute Gasteiger partial charge is 0.493 e. The molecule has 0 spiro atoms. The zero-order chi connectivity index (χ0) is 59.9. The van der Waals surface area contributed by atoms with Gasteiger partial charge in [-0.25, -0.2) is 5.43 Å². The Morgan fingerprint density at radius 1 is 0.687 bits per heavy atom. The van der Waals surface area contributed by atoms with E-state index in [1.54, 1.807) is 18.5 Å². The molecule has 2 heterocycles. The van der Waals surface area contributed by atoms with Crippen LogP contribution in [-0.4, -0.2) is 63.9 Å². The lowest BCUT2D eigenvalue weighted by molar-refractivity contribution is 0.407. The first-order chi connectivity index (χ1) is 40.0. The van der Waals surface area contributed by atoms with Gasteiger partial charge in [0, 0.05) is 58.2 Å². The van der Waals surface area contributed by atoms with Crippen LogP contribution in [-0.2, 0) is 6.42 Å². The van der Waals surface area contributed by atoms with Crippen LogP contribution < -0.4 is 50.0 Å². The second-order valence-electron chi connectivity index (χ2n) is 21.7. The number of azo groups is 1. The van der Waals surface area contributed by atoms with E-state index in [4.69, 9.17) is 77.2 Å². The van der Waals surface area contributed by atoms with Crippen LogP contribution in [0.1, 0.15) is 161 Å². The van der Waals surface area contributed by atoms with Crippen molar-refractivity contribution >= 4 is 120 Å². The summed E-state index contributed by atoms with van der Waals surface area (Å²) in [6.45, 7) is 9.93. The molecule has 0 saturated heterocycles. The second-order valence-corrected chi connectivity index (χ2v) is 23.4. The monoisotopic (exact) mass is 1200 g/mol. The number of benzene rings is 2. The summed E-state index contributed by atoms with van der Waals surface area (Å²) in [5, 5.41) is 47.4. The van der Waals surface area contributed by atoms with Gasteiger partial charge in [0.15, 0.2) is 21.0 Å². The normalized spacial score (nSPS) is 21.5. The molecular formula is C60H88N18OS4. The molecule has 5 fully saturated rings. The van der Waals surface area contributed by atoms with Gasteiger partial charge in [0.25, 0.3) is 0 Å². The van der Waals surface area contributed by atoms with Gasteiger partial charge in [-0.3, -0.25) is 26.7 Å². The SMILES string of the molecule is C=CCC1CCCC/C1=N\NC(N)=S.CC(C)n1c(O)c(N=NC(=S)Nc2cccnc2)c2ccccc21.CC1CCCC/C1=N\NC(=N)N.NC(=S)N/N=C1\CCCC1C1CCCC1.NC(=S)N/N=C1\CCCCC1Cc1ccccc1. The first kappa shape index (κ1) is 67.0. The third kappa shape index (κ3) is 23.8. The second kappa shape index (κ2) is 36.7. The number of anilines is 1. The molecule has 0 bridgehead atoms. The minimum atomic E-state index is -0.0831. The zero-order valence-corrected chi connectivity index (χ0v) is 51.8. The topological polar surface area (TPSA) is 300 Å². The number of hydrazone groups is 4. The highest BCUT2D eigenvalue weighted by atomic mass is 32.1. The minimum absolute atomic E-state index is 0.0825. The number of nitrogens with zero attached hydrogens (tertiary/aromatic N) is 8. The van der Waals surface area contributed by atoms with Crippen LogP contribution in [0.3, 0.4) is 0 Å². The summed E-state index contributed by atoms with van der Waals surface area (Å²) in [5.41, 5.74) is 40.1. The minimum Gasteiger partial charge on any atom is -0.493 e. The highest BCUT2D eigenvalue weighted by molar-refractivity contribution is 7.80. The number of nitrogens with two attached hydrogens (primary N) is 4. The summed E-state index contributed by atoms with van der Waals surface area (Å²) >= 11 is 19.4. The molecule has 0 amide bonds. The third-order valence-electron chi connectivity index (χ3n) is 15.2. The molecule has 5 aliphatic carbocycles. The Morgan fingerprint density at radius 2 is 1.24 bits per heavy atom. The van der Waals surface area contributed by atoms with Crippen LogP contribution in [0, 0.1) is 35.0 Å². The van der Waals surface area contributed by atoms with Gasteiger partial charge >= 0.3 is 0 Å². The van der Waals surface area contributed by atoms with E-state index in [2.05, 4.69) is 100 Å². The van der Waals surface area contributed by atoms with E-state index >= 15 is 0 Å². The van der Waals surface area contributed by atoms with E-state index in [1.807, 2.05) is 60.9 Å². The predicted molar refractivity (Wildman–Crippen MR) is 359 cm³/mol. The van der Waals surface area contributed by atoms with Crippen molar-refractivity contribution in [2.24, 2.45) is 83.2 Å². The van der Waals surface area contributed by atoms with E-state index in [9.17, 15) is 5.11 Å². The van der Waals surface area contributed by atoms with Crippen LogP contribution in [0.15, 0.2) is 122 Å². The molecule has 5 saturated carbocycles. The average molecular weight is 1210 g/mol. The third-order valence-corrected chi connectivity index (χ3v) is 15.7. The Balaban J connectivity index is 0.000000194. The number of hydrogen-bond donors (Lipinski definition) is 11. The Labute approximate surface area is 512 Å². The zero-order valence-electron chi connectivity index (χ0n) is 48.6. The van der Waals surface area contributed by atoms with E-state index < -0.39 is 0 Å². The summed E-state index contributed by atoms with van der Waals surface area (Å²) in [7, 11) is 0. The van der Waals surface area contributed by atoms with E-state index in [-0.39, 0.29) is 38.3 Å². The number of aromatic nitrogens is 2. The number of nitrogens with one attached hydrogen (secondary N) is 6. The molecule has 83 heavy (non-hydrogen) atoms. The van der Waals surface area contributed by atoms with Crippen molar-refractivity contribution in [3.05, 3.63) is 97.3 Å². The summed E-state index contributed by atoms with van der Waals surface area (Å²) in [6, 6.07) is 22.0. The maximum atomic E-state index is 10.5. The molecule has 23 heteroatoms. The van der Waals surface area contributed by atoms with Crippen molar-refractivity contribution in [2.45, 2.75) is 162 Å². The lowest BCUT2D eigenvalue weighted by Crippen LogP contribution is -2.29. The molecule has 15 N–H and O–H groups in total. The molecule has 4 aromatic rings. The molecule has 0 radical (unpaired) electrons. The van der Waals surface area contributed by atoms with Crippen LogP contribution in [0.2, 0.25) is 0 Å². The molecule has 4 atom stereocenters. The molecule has 4 unspecified atom stereocenters. The number of hydrogen-bond acceptors (Lipinski definition) is 12. The van der Waals surface area contributed by atoms with Crippen molar-refractivity contribution < 1.29 is 5.11 Å². The number of fused-ring (bicyclic) bond motifs is 1. The van der Waals surface area contributed by atoms with Crippen LogP contribution in [0.4, 0.5) is 11.4 Å². The van der Waals surface area contributed by atoms with Gasteiger partial charge in [0.1, 0.15) is 0 Å². The molecule has 0 aliphatic heterocycles. The van der Waals surface area contributed by atoms with Gasteiger partial charge in [-0.1, -0.05) is 93.6 Å². The molecule has 2 aromatic heterocycles. The summed E-state index contributed by atoms with van der Waals surface area (Å²) < 4.78 is 1.82. The molecule has 19 nitrogen and oxygen atoms in total. The van der Waals surface area contributed by atoms with Gasteiger partial charge in [-0.05, 0) is 201 Å². The van der Waals surface area contributed by atoms with Gasteiger partial charge in [0.2, 0.25) is 17.0 Å². The fourth-order valence-corrected chi connectivity index (χ4v) is 11.5. The Bertz CT molecular complexity index is 2880. The molecule has 448 valence electrons. The van der Waals surface area contributed by atoms with E-state index in [1.165, 1.54) is 119 Å². The lowest BCUT2D eigenvalue weighted by Gasteiger charge is -2.24.